The van der Waals surface area contributed by atoms with Crippen molar-refractivity contribution < 1.29 is 18.3 Å². The maximum Gasteiger partial charge on any atom is 0.387 e. The Morgan fingerprint density at radius 1 is 0.966 bits per heavy atom. The second-order valence-electron chi connectivity index (χ2n) is 6.92. The highest BCUT2D eigenvalue weighted by molar-refractivity contribution is 5.66. The summed E-state index contributed by atoms with van der Waals surface area (Å²) in [7, 11) is 0. The summed E-state index contributed by atoms with van der Waals surface area (Å²) in [5.74, 6) is 0.842. The van der Waals surface area contributed by atoms with Crippen molar-refractivity contribution >= 4 is 11.4 Å². The van der Waals surface area contributed by atoms with E-state index in [4.69, 9.17) is 4.74 Å². The van der Waals surface area contributed by atoms with Crippen molar-refractivity contribution in [2.45, 2.75) is 26.0 Å². The minimum Gasteiger partial charge on any atom is -0.489 e. The predicted octanol–water partition coefficient (Wildman–Crippen LogP) is 5.21. The monoisotopic (exact) mass is 397 g/mol. The van der Waals surface area contributed by atoms with Gasteiger partial charge in [-0.15, -0.1) is 0 Å². The van der Waals surface area contributed by atoms with E-state index in [1.54, 1.807) is 36.9 Å². The Balaban J connectivity index is 1.67. The van der Waals surface area contributed by atoms with Crippen LogP contribution in [0.1, 0.15) is 18.4 Å². The van der Waals surface area contributed by atoms with Gasteiger partial charge in [-0.2, -0.15) is 8.78 Å². The molecule has 1 aromatic carbocycles. The average molecular weight is 397 g/mol. The van der Waals surface area contributed by atoms with Gasteiger partial charge in [0.15, 0.2) is 11.5 Å². The van der Waals surface area contributed by atoms with E-state index in [0.29, 0.717) is 24.8 Å². The molecule has 0 saturated heterocycles. The summed E-state index contributed by atoms with van der Waals surface area (Å²) in [5, 5.41) is 0. The van der Waals surface area contributed by atoms with Crippen molar-refractivity contribution in [3.05, 3.63) is 72.8 Å². The number of hydrogen-bond acceptors (Lipinski definition) is 5. The fraction of sp³-hybridized carbons (Fsp3) is 0.273. The Morgan fingerprint density at radius 2 is 1.76 bits per heavy atom. The molecular formula is C22H21F2N3O2. The lowest BCUT2D eigenvalue weighted by molar-refractivity contribution is -0.0515. The molecule has 2 heterocycles. The average Bonchev–Trinajstić information content (AvgIpc) is 3.57. The number of nitrogens with zero attached hydrogens (tertiary/aromatic N) is 3. The number of alkyl halides is 2. The Bertz CT molecular complexity index is 922. The SMILES string of the molecule is FC(F)Oc1ccc(N(Cc2cccnc2)c2cccnc2)cc1OCC1CC1. The van der Waals surface area contributed by atoms with Crippen LogP contribution in [0.25, 0.3) is 0 Å². The second-order valence-corrected chi connectivity index (χ2v) is 6.92. The zero-order valence-electron chi connectivity index (χ0n) is 15.7. The summed E-state index contributed by atoms with van der Waals surface area (Å²) in [6.07, 6.45) is 9.18. The summed E-state index contributed by atoms with van der Waals surface area (Å²) < 4.78 is 36.1. The lowest BCUT2D eigenvalue weighted by Crippen LogP contribution is -2.17. The Kier molecular flexibility index (Phi) is 5.84. The molecular weight excluding hydrogens is 376 g/mol. The van der Waals surface area contributed by atoms with Gasteiger partial charge < -0.3 is 14.4 Å². The van der Waals surface area contributed by atoms with Crippen LogP contribution in [-0.2, 0) is 6.54 Å². The molecule has 0 unspecified atom stereocenters. The Hall–Kier alpha value is -3.22. The summed E-state index contributed by atoms with van der Waals surface area (Å²) >= 11 is 0. The first-order valence-corrected chi connectivity index (χ1v) is 9.47. The van der Waals surface area contributed by atoms with E-state index in [1.807, 2.05) is 29.2 Å². The number of hydrogen-bond donors (Lipinski definition) is 0. The van der Waals surface area contributed by atoms with Gasteiger partial charge in [-0.25, -0.2) is 0 Å². The first kappa shape index (κ1) is 19.1. The van der Waals surface area contributed by atoms with Gasteiger partial charge in [0.1, 0.15) is 0 Å². The van der Waals surface area contributed by atoms with Crippen molar-refractivity contribution in [1.82, 2.24) is 9.97 Å². The van der Waals surface area contributed by atoms with E-state index in [0.717, 1.165) is 29.8 Å². The molecule has 29 heavy (non-hydrogen) atoms. The largest absolute Gasteiger partial charge is 0.489 e. The maximum atomic E-state index is 12.8. The number of pyridine rings is 2. The third kappa shape index (κ3) is 5.19. The molecule has 7 heteroatoms. The van der Waals surface area contributed by atoms with Crippen molar-refractivity contribution in [2.75, 3.05) is 11.5 Å². The summed E-state index contributed by atoms with van der Waals surface area (Å²) in [6, 6.07) is 12.7. The molecule has 1 aliphatic carbocycles. The van der Waals surface area contributed by atoms with Crippen molar-refractivity contribution in [1.29, 1.82) is 0 Å². The van der Waals surface area contributed by atoms with Gasteiger partial charge in [0.25, 0.3) is 0 Å². The standard InChI is InChI=1S/C22H21F2N3O2/c23-22(24)29-20-8-7-18(11-21(20)28-15-16-5-6-16)27(19-4-2-10-26-13-19)14-17-3-1-9-25-12-17/h1-4,7-13,16,22H,5-6,14-15H2. The summed E-state index contributed by atoms with van der Waals surface area (Å²) in [5.41, 5.74) is 2.66. The molecule has 0 amide bonds. The van der Waals surface area contributed by atoms with Crippen LogP contribution in [0.5, 0.6) is 11.5 Å². The van der Waals surface area contributed by atoms with E-state index in [9.17, 15) is 8.78 Å². The van der Waals surface area contributed by atoms with Crippen LogP contribution < -0.4 is 14.4 Å². The molecule has 1 saturated carbocycles. The zero-order valence-corrected chi connectivity index (χ0v) is 15.7. The van der Waals surface area contributed by atoms with Crippen molar-refractivity contribution in [3.8, 4) is 11.5 Å². The summed E-state index contributed by atoms with van der Waals surface area (Å²) in [6.45, 7) is -1.87. The lowest BCUT2D eigenvalue weighted by atomic mass is 10.2. The molecule has 150 valence electrons. The van der Waals surface area contributed by atoms with Gasteiger partial charge in [0.05, 0.1) is 18.5 Å². The molecule has 1 aliphatic rings. The highest BCUT2D eigenvalue weighted by Gasteiger charge is 2.23. The van der Waals surface area contributed by atoms with Gasteiger partial charge in [0, 0.05) is 36.9 Å². The minimum atomic E-state index is -2.91. The van der Waals surface area contributed by atoms with Crippen LogP contribution in [-0.4, -0.2) is 23.2 Å². The Morgan fingerprint density at radius 3 is 2.41 bits per heavy atom. The van der Waals surface area contributed by atoms with Crippen LogP contribution in [0.15, 0.2) is 67.3 Å². The topological polar surface area (TPSA) is 47.5 Å². The van der Waals surface area contributed by atoms with Crippen LogP contribution in [0.2, 0.25) is 0 Å². The van der Waals surface area contributed by atoms with Gasteiger partial charge in [-0.3, -0.25) is 9.97 Å². The molecule has 3 aromatic rings. The van der Waals surface area contributed by atoms with Gasteiger partial charge in [-0.1, -0.05) is 6.07 Å². The number of benzene rings is 1. The van der Waals surface area contributed by atoms with E-state index < -0.39 is 6.61 Å². The first-order chi connectivity index (χ1) is 14.2. The highest BCUT2D eigenvalue weighted by Crippen LogP contribution is 2.38. The number of anilines is 2. The summed E-state index contributed by atoms with van der Waals surface area (Å²) in [4.78, 5) is 10.4. The van der Waals surface area contributed by atoms with E-state index in [-0.39, 0.29) is 5.75 Å². The molecule has 0 spiro atoms. The molecule has 0 radical (unpaired) electrons. The van der Waals surface area contributed by atoms with Gasteiger partial charge in [-0.05, 0) is 54.7 Å². The third-order valence-corrected chi connectivity index (χ3v) is 4.65. The maximum absolute atomic E-state index is 12.8. The quantitative estimate of drug-likeness (QED) is 0.496. The van der Waals surface area contributed by atoms with Crippen LogP contribution >= 0.6 is 0 Å². The molecule has 5 nitrogen and oxygen atoms in total. The number of aromatic nitrogens is 2. The number of ether oxygens (including phenoxy) is 2. The number of halogens is 2. The number of rotatable bonds is 9. The molecule has 2 aromatic heterocycles. The van der Waals surface area contributed by atoms with Crippen LogP contribution in [0.3, 0.4) is 0 Å². The zero-order chi connectivity index (χ0) is 20.1. The van der Waals surface area contributed by atoms with E-state index >= 15 is 0 Å². The van der Waals surface area contributed by atoms with E-state index in [1.165, 1.54) is 6.07 Å². The fourth-order valence-electron chi connectivity index (χ4n) is 2.98. The van der Waals surface area contributed by atoms with Crippen molar-refractivity contribution in [2.24, 2.45) is 5.92 Å². The van der Waals surface area contributed by atoms with Crippen LogP contribution in [0.4, 0.5) is 20.2 Å². The van der Waals surface area contributed by atoms with Crippen molar-refractivity contribution in [3.63, 3.8) is 0 Å². The predicted molar refractivity (Wildman–Crippen MR) is 106 cm³/mol. The molecule has 0 N–H and O–H groups in total. The molecule has 1 fully saturated rings. The lowest BCUT2D eigenvalue weighted by Gasteiger charge is -2.26. The smallest absolute Gasteiger partial charge is 0.387 e. The normalized spacial score (nSPS) is 13.3. The molecule has 4 rings (SSSR count). The molecule has 0 bridgehead atoms. The van der Waals surface area contributed by atoms with Gasteiger partial charge in [0.2, 0.25) is 0 Å². The third-order valence-electron chi connectivity index (χ3n) is 4.65. The molecule has 0 atom stereocenters. The second kappa shape index (κ2) is 8.86. The van der Waals surface area contributed by atoms with E-state index in [2.05, 4.69) is 14.7 Å². The van der Waals surface area contributed by atoms with Crippen LogP contribution in [0, 0.1) is 5.92 Å². The Labute approximate surface area is 167 Å². The fourth-order valence-corrected chi connectivity index (χ4v) is 2.98. The highest BCUT2D eigenvalue weighted by atomic mass is 19.3. The first-order valence-electron chi connectivity index (χ1n) is 9.47. The molecule has 0 aliphatic heterocycles. The minimum absolute atomic E-state index is 0.0388. The van der Waals surface area contributed by atoms with Gasteiger partial charge >= 0.3 is 6.61 Å².